The molecule has 2 unspecified atom stereocenters. The molecule has 0 aromatic carbocycles. The zero-order valence-corrected chi connectivity index (χ0v) is 5.13. The van der Waals surface area contributed by atoms with Crippen molar-refractivity contribution in [2.45, 2.75) is 32.0 Å². The van der Waals surface area contributed by atoms with Crippen LogP contribution in [0.4, 0.5) is 0 Å². The summed E-state index contributed by atoms with van der Waals surface area (Å²) in [7, 11) is 0. The minimum absolute atomic E-state index is 0.151. The smallest absolute Gasteiger partial charge is 0.0860 e. The first-order valence-electron chi connectivity index (χ1n) is 3.14. The molecule has 0 aliphatic heterocycles. The van der Waals surface area contributed by atoms with E-state index < -0.39 is 0 Å². The summed E-state index contributed by atoms with van der Waals surface area (Å²) in [6, 6.07) is 0. The van der Waals surface area contributed by atoms with Crippen LogP contribution in [-0.4, -0.2) is 23.9 Å². The summed E-state index contributed by atoms with van der Waals surface area (Å²) in [6.07, 6.45) is 1.92. The summed E-state index contributed by atoms with van der Waals surface area (Å²) >= 11 is 0. The fourth-order valence-electron chi connectivity index (χ4n) is 0.608. The fourth-order valence-corrected chi connectivity index (χ4v) is 0.608. The molecule has 0 aromatic rings. The molecule has 1 aliphatic rings. The summed E-state index contributed by atoms with van der Waals surface area (Å²) in [5.41, 5.74) is 0. The van der Waals surface area contributed by atoms with E-state index in [-0.39, 0.29) is 12.2 Å². The first-order chi connectivity index (χ1) is 3.84. The molecular weight excluding hydrogens is 104 g/mol. The van der Waals surface area contributed by atoms with Crippen molar-refractivity contribution in [2.24, 2.45) is 0 Å². The summed E-state index contributed by atoms with van der Waals surface area (Å²) in [6.45, 7) is 2.86. The number of ether oxygens (including phenoxy) is 1. The van der Waals surface area contributed by atoms with Gasteiger partial charge < -0.3 is 9.84 Å². The first kappa shape index (κ1) is 6.05. The van der Waals surface area contributed by atoms with Crippen LogP contribution in [0.25, 0.3) is 0 Å². The molecule has 8 heavy (non-hydrogen) atoms. The zero-order chi connectivity index (χ0) is 5.98. The van der Waals surface area contributed by atoms with E-state index in [0.717, 1.165) is 19.4 Å². The van der Waals surface area contributed by atoms with Gasteiger partial charge in [-0.15, -0.1) is 0 Å². The van der Waals surface area contributed by atoms with Crippen LogP contribution in [0.5, 0.6) is 0 Å². The molecule has 0 aromatic heterocycles. The van der Waals surface area contributed by atoms with Crippen molar-refractivity contribution >= 4 is 0 Å². The second kappa shape index (κ2) is 2.46. The highest BCUT2D eigenvalue weighted by molar-refractivity contribution is 4.86. The van der Waals surface area contributed by atoms with Crippen LogP contribution in [0.2, 0.25) is 0 Å². The third kappa shape index (κ3) is 1.46. The van der Waals surface area contributed by atoms with Crippen LogP contribution in [0.1, 0.15) is 19.8 Å². The molecule has 0 spiro atoms. The molecule has 1 N–H and O–H groups in total. The van der Waals surface area contributed by atoms with E-state index in [0.29, 0.717) is 0 Å². The molecule has 1 aliphatic carbocycles. The lowest BCUT2D eigenvalue weighted by Gasteiger charge is -1.95. The van der Waals surface area contributed by atoms with Crippen molar-refractivity contribution in [2.75, 3.05) is 6.61 Å². The molecule has 0 amide bonds. The Hall–Kier alpha value is -0.0800. The van der Waals surface area contributed by atoms with Crippen LogP contribution >= 0.6 is 0 Å². The van der Waals surface area contributed by atoms with Crippen molar-refractivity contribution in [3.05, 3.63) is 0 Å². The van der Waals surface area contributed by atoms with Gasteiger partial charge in [0.15, 0.2) is 0 Å². The summed E-state index contributed by atoms with van der Waals surface area (Å²) < 4.78 is 5.16. The molecule has 2 atom stereocenters. The Labute approximate surface area is 49.5 Å². The van der Waals surface area contributed by atoms with Crippen molar-refractivity contribution < 1.29 is 9.84 Å². The second-order valence-electron chi connectivity index (χ2n) is 2.21. The standard InChI is InChI=1S/C6H12O2/c1-2-3-8-6-4-5(6)7/h5-7H,2-4H2,1H3. The maximum absolute atomic E-state index is 8.73. The van der Waals surface area contributed by atoms with E-state index in [2.05, 4.69) is 6.92 Å². The molecule has 48 valence electrons. The van der Waals surface area contributed by atoms with Gasteiger partial charge in [0.1, 0.15) is 0 Å². The minimum Gasteiger partial charge on any atom is -0.390 e. The number of aliphatic hydroxyl groups excluding tert-OH is 1. The Balaban J connectivity index is 1.89. The Morgan fingerprint density at radius 1 is 1.75 bits per heavy atom. The maximum Gasteiger partial charge on any atom is 0.0860 e. The van der Waals surface area contributed by atoms with Crippen LogP contribution < -0.4 is 0 Å². The second-order valence-corrected chi connectivity index (χ2v) is 2.21. The molecule has 0 saturated heterocycles. The van der Waals surface area contributed by atoms with Gasteiger partial charge in [0.05, 0.1) is 12.2 Å². The van der Waals surface area contributed by atoms with Gasteiger partial charge in [-0.25, -0.2) is 0 Å². The van der Waals surface area contributed by atoms with Gasteiger partial charge in [0, 0.05) is 13.0 Å². The van der Waals surface area contributed by atoms with E-state index in [1.54, 1.807) is 0 Å². The molecule has 2 heteroatoms. The highest BCUT2D eigenvalue weighted by Gasteiger charge is 2.35. The van der Waals surface area contributed by atoms with E-state index >= 15 is 0 Å². The van der Waals surface area contributed by atoms with Gasteiger partial charge in [0.2, 0.25) is 0 Å². The van der Waals surface area contributed by atoms with Gasteiger partial charge >= 0.3 is 0 Å². The van der Waals surface area contributed by atoms with Gasteiger partial charge in [-0.05, 0) is 6.42 Å². The van der Waals surface area contributed by atoms with E-state index in [9.17, 15) is 0 Å². The lowest BCUT2D eigenvalue weighted by atomic mass is 10.5. The van der Waals surface area contributed by atoms with E-state index in [4.69, 9.17) is 9.84 Å². The molecule has 1 fully saturated rings. The molecule has 2 nitrogen and oxygen atoms in total. The monoisotopic (exact) mass is 116 g/mol. The number of hydrogen-bond acceptors (Lipinski definition) is 2. The Kier molecular flexibility index (Phi) is 1.86. The lowest BCUT2D eigenvalue weighted by Crippen LogP contribution is -1.99. The highest BCUT2D eigenvalue weighted by atomic mass is 16.5. The lowest BCUT2D eigenvalue weighted by molar-refractivity contribution is 0.0834. The fraction of sp³-hybridized carbons (Fsp3) is 1.00. The third-order valence-electron chi connectivity index (χ3n) is 1.24. The first-order valence-corrected chi connectivity index (χ1v) is 3.14. The summed E-state index contributed by atoms with van der Waals surface area (Å²) in [5, 5.41) is 8.73. The molecule has 1 saturated carbocycles. The molecule has 0 heterocycles. The number of hydrogen-bond donors (Lipinski definition) is 1. The van der Waals surface area contributed by atoms with Crippen LogP contribution in [0, 0.1) is 0 Å². The van der Waals surface area contributed by atoms with E-state index in [1.807, 2.05) is 0 Å². The minimum atomic E-state index is -0.151. The van der Waals surface area contributed by atoms with Crippen LogP contribution in [0.15, 0.2) is 0 Å². The molecular formula is C6H12O2. The van der Waals surface area contributed by atoms with Crippen molar-refractivity contribution in [1.29, 1.82) is 0 Å². The quantitative estimate of drug-likeness (QED) is 0.583. The SMILES string of the molecule is CCCOC1CC1O. The van der Waals surface area contributed by atoms with Gasteiger partial charge in [-0.1, -0.05) is 6.92 Å². The summed E-state index contributed by atoms with van der Waals surface area (Å²) in [4.78, 5) is 0. The predicted molar refractivity (Wildman–Crippen MR) is 30.7 cm³/mol. The Morgan fingerprint density at radius 2 is 2.38 bits per heavy atom. The van der Waals surface area contributed by atoms with E-state index in [1.165, 1.54) is 0 Å². The topological polar surface area (TPSA) is 29.5 Å². The average molecular weight is 116 g/mol. The Bertz CT molecular complexity index is 72.9. The van der Waals surface area contributed by atoms with Gasteiger partial charge in [-0.2, -0.15) is 0 Å². The molecule has 0 bridgehead atoms. The number of aliphatic hydroxyl groups is 1. The normalized spacial score (nSPS) is 35.2. The molecule has 0 radical (unpaired) electrons. The number of rotatable bonds is 3. The predicted octanol–water partition coefficient (Wildman–Crippen LogP) is 0.546. The third-order valence-corrected chi connectivity index (χ3v) is 1.24. The van der Waals surface area contributed by atoms with Crippen LogP contribution in [0.3, 0.4) is 0 Å². The van der Waals surface area contributed by atoms with Gasteiger partial charge in [0.25, 0.3) is 0 Å². The van der Waals surface area contributed by atoms with Crippen LogP contribution in [-0.2, 0) is 4.74 Å². The largest absolute Gasteiger partial charge is 0.390 e. The zero-order valence-electron chi connectivity index (χ0n) is 5.13. The summed E-state index contributed by atoms with van der Waals surface area (Å²) in [5.74, 6) is 0. The molecule has 1 rings (SSSR count). The van der Waals surface area contributed by atoms with Crippen molar-refractivity contribution in [3.63, 3.8) is 0 Å². The maximum atomic E-state index is 8.73. The Morgan fingerprint density at radius 3 is 2.75 bits per heavy atom. The van der Waals surface area contributed by atoms with Gasteiger partial charge in [-0.3, -0.25) is 0 Å². The highest BCUT2D eigenvalue weighted by Crippen LogP contribution is 2.24. The van der Waals surface area contributed by atoms with Crippen molar-refractivity contribution in [1.82, 2.24) is 0 Å². The van der Waals surface area contributed by atoms with Crippen molar-refractivity contribution in [3.8, 4) is 0 Å². The average Bonchev–Trinajstić information content (AvgIpc) is 2.42.